The van der Waals surface area contributed by atoms with Gasteiger partial charge in [0.15, 0.2) is 0 Å². The molecule has 0 saturated carbocycles. The Morgan fingerprint density at radius 1 is 1.24 bits per heavy atom. The second kappa shape index (κ2) is 6.85. The van der Waals surface area contributed by atoms with E-state index in [-0.39, 0.29) is 6.61 Å². The van der Waals surface area contributed by atoms with Crippen LogP contribution in [0.5, 0.6) is 0 Å². The highest BCUT2D eigenvalue weighted by atomic mass is 16.6. The number of hydrogen-bond donors (Lipinski definition) is 1. The molecule has 5 heteroatoms. The Morgan fingerprint density at radius 3 is 2.62 bits per heavy atom. The Hall–Kier alpha value is -2.40. The summed E-state index contributed by atoms with van der Waals surface area (Å²) >= 11 is 0. The van der Waals surface area contributed by atoms with Crippen LogP contribution < -0.4 is 0 Å². The zero-order chi connectivity index (χ0) is 15.2. The third kappa shape index (κ3) is 4.03. The molecule has 0 aliphatic heterocycles. The largest absolute Gasteiger partial charge is 0.457 e. The van der Waals surface area contributed by atoms with Gasteiger partial charge >= 0.3 is 11.9 Å². The minimum atomic E-state index is -1.01. The van der Waals surface area contributed by atoms with E-state index >= 15 is 0 Å². The monoisotopic (exact) mass is 288 g/mol. The number of rotatable bonds is 4. The number of carbonyl (C=O) groups excluding carboxylic acids is 2. The smallest absolute Gasteiger partial charge is 0.338 e. The minimum absolute atomic E-state index is 0.0585. The van der Waals surface area contributed by atoms with Gasteiger partial charge in [0.2, 0.25) is 0 Å². The summed E-state index contributed by atoms with van der Waals surface area (Å²) in [5, 5.41) is 10.1. The van der Waals surface area contributed by atoms with Crippen LogP contribution in [-0.2, 0) is 14.3 Å². The van der Waals surface area contributed by atoms with Crippen LogP contribution in [0.4, 0.5) is 0 Å². The molecule has 1 aromatic carbocycles. The molecule has 1 aliphatic carbocycles. The van der Waals surface area contributed by atoms with Crippen LogP contribution in [0.25, 0.3) is 0 Å². The molecule has 0 aromatic heterocycles. The molecule has 0 bridgehead atoms. The van der Waals surface area contributed by atoms with Gasteiger partial charge in [0.25, 0.3) is 0 Å². The van der Waals surface area contributed by atoms with E-state index in [9.17, 15) is 14.7 Å². The van der Waals surface area contributed by atoms with Gasteiger partial charge in [0, 0.05) is 6.92 Å². The van der Waals surface area contributed by atoms with Crippen molar-refractivity contribution in [1.29, 1.82) is 0 Å². The lowest BCUT2D eigenvalue weighted by Gasteiger charge is -2.24. The van der Waals surface area contributed by atoms with Gasteiger partial charge < -0.3 is 14.6 Å². The molecule has 1 aromatic rings. The van der Waals surface area contributed by atoms with E-state index in [1.54, 1.807) is 48.6 Å². The van der Waals surface area contributed by atoms with Gasteiger partial charge in [-0.2, -0.15) is 0 Å². The fourth-order valence-corrected chi connectivity index (χ4v) is 1.94. The van der Waals surface area contributed by atoms with Gasteiger partial charge in [0.1, 0.15) is 18.8 Å². The molecule has 0 spiro atoms. The summed E-state index contributed by atoms with van der Waals surface area (Å²) in [5.41, 5.74) is 0.920. The highest BCUT2D eigenvalue weighted by molar-refractivity contribution is 5.89. The normalized spacial score (nSPS) is 20.6. The van der Waals surface area contributed by atoms with Crippen LogP contribution in [0, 0.1) is 0 Å². The lowest BCUT2D eigenvalue weighted by Crippen LogP contribution is -2.34. The molecule has 5 nitrogen and oxygen atoms in total. The highest BCUT2D eigenvalue weighted by Crippen LogP contribution is 2.17. The summed E-state index contributed by atoms with van der Waals surface area (Å²) < 4.78 is 10.1. The standard InChI is InChI=1S/C16H16O5/c1-11(17)21-14-9-5-8-13(15(14)18)10-20-16(19)12-6-3-2-4-7-12/h2-9,14-15,18H,10H2,1H3/t14-,15-/m0/s1. The van der Waals surface area contributed by atoms with Crippen LogP contribution in [-0.4, -0.2) is 35.9 Å². The molecule has 2 rings (SSSR count). The van der Waals surface area contributed by atoms with Gasteiger partial charge in [-0.25, -0.2) is 4.79 Å². The number of carbonyl (C=O) groups is 2. The summed E-state index contributed by atoms with van der Waals surface area (Å²) in [6.45, 7) is 1.21. The van der Waals surface area contributed by atoms with E-state index in [1.165, 1.54) is 6.92 Å². The first-order valence-electron chi connectivity index (χ1n) is 6.52. The number of benzene rings is 1. The van der Waals surface area contributed by atoms with Crippen molar-refractivity contribution in [3.8, 4) is 0 Å². The Labute approximate surface area is 122 Å². The number of hydrogen-bond acceptors (Lipinski definition) is 5. The predicted molar refractivity (Wildman–Crippen MR) is 75.5 cm³/mol. The maximum absolute atomic E-state index is 11.8. The zero-order valence-corrected chi connectivity index (χ0v) is 11.6. The Balaban J connectivity index is 1.94. The molecule has 0 fully saturated rings. The Kier molecular flexibility index (Phi) is 4.90. The summed E-state index contributed by atoms with van der Waals surface area (Å²) in [4.78, 5) is 22.8. The highest BCUT2D eigenvalue weighted by Gasteiger charge is 2.26. The molecule has 0 amide bonds. The summed E-state index contributed by atoms with van der Waals surface area (Å²) in [6, 6.07) is 8.58. The van der Waals surface area contributed by atoms with E-state index in [0.29, 0.717) is 11.1 Å². The average Bonchev–Trinajstić information content (AvgIpc) is 2.48. The van der Waals surface area contributed by atoms with E-state index in [1.807, 2.05) is 0 Å². The summed E-state index contributed by atoms with van der Waals surface area (Å²) in [5.74, 6) is -0.950. The number of aliphatic hydroxyl groups excluding tert-OH is 1. The first-order chi connectivity index (χ1) is 10.1. The van der Waals surface area contributed by atoms with Crippen molar-refractivity contribution >= 4 is 11.9 Å². The molecule has 2 atom stereocenters. The first kappa shape index (κ1) is 15.0. The van der Waals surface area contributed by atoms with Crippen LogP contribution >= 0.6 is 0 Å². The van der Waals surface area contributed by atoms with Gasteiger partial charge in [-0.05, 0) is 23.8 Å². The molecule has 0 heterocycles. The molecule has 0 radical (unpaired) electrons. The minimum Gasteiger partial charge on any atom is -0.457 e. The van der Waals surface area contributed by atoms with Crippen molar-refractivity contribution in [2.45, 2.75) is 19.1 Å². The summed E-state index contributed by atoms with van der Waals surface area (Å²) in [7, 11) is 0. The van der Waals surface area contributed by atoms with Gasteiger partial charge in [-0.1, -0.05) is 30.4 Å². The van der Waals surface area contributed by atoms with Crippen molar-refractivity contribution in [2.24, 2.45) is 0 Å². The van der Waals surface area contributed by atoms with Crippen molar-refractivity contribution in [2.75, 3.05) is 6.61 Å². The number of allylic oxidation sites excluding steroid dienone is 2. The van der Waals surface area contributed by atoms with Crippen molar-refractivity contribution in [1.82, 2.24) is 0 Å². The molecule has 110 valence electrons. The van der Waals surface area contributed by atoms with Crippen LogP contribution in [0.2, 0.25) is 0 Å². The predicted octanol–water partition coefficient (Wildman–Crippen LogP) is 1.63. The molecule has 1 N–H and O–H groups in total. The quantitative estimate of drug-likeness (QED) is 0.853. The Morgan fingerprint density at radius 2 is 1.95 bits per heavy atom. The van der Waals surface area contributed by atoms with Crippen molar-refractivity contribution in [3.63, 3.8) is 0 Å². The second-order valence-electron chi connectivity index (χ2n) is 4.59. The fraction of sp³-hybridized carbons (Fsp3) is 0.250. The number of esters is 2. The number of aliphatic hydroxyl groups is 1. The van der Waals surface area contributed by atoms with Crippen molar-refractivity contribution < 1.29 is 24.2 Å². The topological polar surface area (TPSA) is 72.8 Å². The van der Waals surface area contributed by atoms with Crippen LogP contribution in [0.1, 0.15) is 17.3 Å². The van der Waals surface area contributed by atoms with Crippen LogP contribution in [0.15, 0.2) is 54.1 Å². The van der Waals surface area contributed by atoms with Gasteiger partial charge in [-0.3, -0.25) is 4.79 Å². The molecule has 21 heavy (non-hydrogen) atoms. The van der Waals surface area contributed by atoms with E-state index in [2.05, 4.69) is 0 Å². The average molecular weight is 288 g/mol. The van der Waals surface area contributed by atoms with E-state index < -0.39 is 24.1 Å². The first-order valence-corrected chi connectivity index (χ1v) is 6.52. The summed E-state index contributed by atoms with van der Waals surface area (Å²) in [6.07, 6.45) is 3.11. The molecule has 0 unspecified atom stereocenters. The zero-order valence-electron chi connectivity index (χ0n) is 11.6. The number of ether oxygens (including phenoxy) is 2. The molecule has 1 aliphatic rings. The molecular formula is C16H16O5. The Bertz CT molecular complexity index is 574. The maximum atomic E-state index is 11.8. The second-order valence-corrected chi connectivity index (χ2v) is 4.59. The SMILES string of the molecule is CC(=O)O[C@H]1C=CC=C(COC(=O)c2ccccc2)[C@@H]1O. The molecule has 0 saturated heterocycles. The molecular weight excluding hydrogens is 272 g/mol. The maximum Gasteiger partial charge on any atom is 0.338 e. The van der Waals surface area contributed by atoms with Crippen LogP contribution in [0.3, 0.4) is 0 Å². The van der Waals surface area contributed by atoms with Gasteiger partial charge in [-0.15, -0.1) is 0 Å². The van der Waals surface area contributed by atoms with Gasteiger partial charge in [0.05, 0.1) is 5.56 Å². The third-order valence-corrected chi connectivity index (χ3v) is 2.98. The fourth-order valence-electron chi connectivity index (χ4n) is 1.94. The lowest BCUT2D eigenvalue weighted by atomic mass is 10.00. The lowest BCUT2D eigenvalue weighted by molar-refractivity contribution is -0.148. The van der Waals surface area contributed by atoms with E-state index in [0.717, 1.165) is 0 Å². The van der Waals surface area contributed by atoms with E-state index in [4.69, 9.17) is 9.47 Å². The van der Waals surface area contributed by atoms with Crippen molar-refractivity contribution in [3.05, 3.63) is 59.7 Å². The third-order valence-electron chi connectivity index (χ3n) is 2.98.